The Kier molecular flexibility index (Phi) is 2.83. The SMILES string of the molecule is C=C1CCCC1C(C=O)OC. The van der Waals surface area contributed by atoms with Crippen molar-refractivity contribution in [3.8, 4) is 0 Å². The van der Waals surface area contributed by atoms with E-state index in [0.717, 1.165) is 25.5 Å². The molecule has 11 heavy (non-hydrogen) atoms. The van der Waals surface area contributed by atoms with Crippen molar-refractivity contribution in [2.45, 2.75) is 25.4 Å². The van der Waals surface area contributed by atoms with Crippen LogP contribution in [0.1, 0.15) is 19.3 Å². The highest BCUT2D eigenvalue weighted by molar-refractivity contribution is 5.57. The van der Waals surface area contributed by atoms with Crippen molar-refractivity contribution in [3.63, 3.8) is 0 Å². The van der Waals surface area contributed by atoms with Crippen molar-refractivity contribution in [2.75, 3.05) is 7.11 Å². The van der Waals surface area contributed by atoms with E-state index in [1.54, 1.807) is 7.11 Å². The van der Waals surface area contributed by atoms with Gasteiger partial charge >= 0.3 is 0 Å². The van der Waals surface area contributed by atoms with Crippen LogP contribution in [0.5, 0.6) is 0 Å². The van der Waals surface area contributed by atoms with Gasteiger partial charge in [0.2, 0.25) is 0 Å². The normalized spacial score (nSPS) is 27.0. The molecule has 0 aliphatic heterocycles. The van der Waals surface area contributed by atoms with E-state index in [-0.39, 0.29) is 12.0 Å². The maximum atomic E-state index is 10.5. The molecule has 2 heteroatoms. The van der Waals surface area contributed by atoms with E-state index in [9.17, 15) is 4.79 Å². The van der Waals surface area contributed by atoms with Gasteiger partial charge in [-0.25, -0.2) is 0 Å². The second-order valence-electron chi connectivity index (χ2n) is 2.99. The molecule has 2 unspecified atom stereocenters. The van der Waals surface area contributed by atoms with Crippen molar-refractivity contribution >= 4 is 6.29 Å². The standard InChI is InChI=1S/C9H14O2/c1-7-4-3-5-8(7)9(6-10)11-2/h6,8-9H,1,3-5H2,2H3. The van der Waals surface area contributed by atoms with Gasteiger partial charge in [0.15, 0.2) is 0 Å². The molecule has 0 N–H and O–H groups in total. The van der Waals surface area contributed by atoms with Crippen LogP contribution in [0.15, 0.2) is 12.2 Å². The lowest BCUT2D eigenvalue weighted by Gasteiger charge is -2.16. The van der Waals surface area contributed by atoms with Gasteiger partial charge in [-0.15, -0.1) is 0 Å². The number of rotatable bonds is 3. The minimum absolute atomic E-state index is 0.259. The molecule has 0 spiro atoms. The molecule has 0 aromatic rings. The zero-order valence-electron chi connectivity index (χ0n) is 6.88. The predicted octanol–water partition coefficient (Wildman–Crippen LogP) is 1.56. The molecule has 0 heterocycles. The highest BCUT2D eigenvalue weighted by Gasteiger charge is 2.27. The lowest BCUT2D eigenvalue weighted by atomic mass is 9.98. The molecule has 0 radical (unpaired) electrons. The lowest BCUT2D eigenvalue weighted by Crippen LogP contribution is -2.22. The van der Waals surface area contributed by atoms with Gasteiger partial charge < -0.3 is 9.53 Å². The molecule has 2 nitrogen and oxygen atoms in total. The molecule has 0 saturated heterocycles. The third-order valence-corrected chi connectivity index (χ3v) is 2.34. The fourth-order valence-corrected chi connectivity index (χ4v) is 1.65. The first-order chi connectivity index (χ1) is 5.29. The van der Waals surface area contributed by atoms with Gasteiger partial charge in [-0.2, -0.15) is 0 Å². The fourth-order valence-electron chi connectivity index (χ4n) is 1.65. The van der Waals surface area contributed by atoms with Gasteiger partial charge in [-0.3, -0.25) is 0 Å². The molecule has 0 aromatic heterocycles. The van der Waals surface area contributed by atoms with E-state index in [0.29, 0.717) is 0 Å². The van der Waals surface area contributed by atoms with Crippen LogP contribution in [0.3, 0.4) is 0 Å². The molecule has 0 amide bonds. The van der Waals surface area contributed by atoms with E-state index < -0.39 is 0 Å². The van der Waals surface area contributed by atoms with Crippen molar-refractivity contribution in [1.29, 1.82) is 0 Å². The summed E-state index contributed by atoms with van der Waals surface area (Å²) < 4.78 is 5.02. The molecule has 1 aliphatic rings. The van der Waals surface area contributed by atoms with E-state index in [2.05, 4.69) is 6.58 Å². The van der Waals surface area contributed by atoms with Crippen molar-refractivity contribution in [1.82, 2.24) is 0 Å². The van der Waals surface area contributed by atoms with Crippen LogP contribution in [0, 0.1) is 5.92 Å². The fraction of sp³-hybridized carbons (Fsp3) is 0.667. The number of aldehydes is 1. The average molecular weight is 154 g/mol. The lowest BCUT2D eigenvalue weighted by molar-refractivity contribution is -0.118. The topological polar surface area (TPSA) is 26.3 Å². The summed E-state index contributed by atoms with van der Waals surface area (Å²) >= 11 is 0. The van der Waals surface area contributed by atoms with Crippen LogP contribution in [0.25, 0.3) is 0 Å². The minimum Gasteiger partial charge on any atom is -0.373 e. The molecule has 62 valence electrons. The van der Waals surface area contributed by atoms with E-state index in [1.807, 2.05) is 0 Å². The zero-order chi connectivity index (χ0) is 8.27. The van der Waals surface area contributed by atoms with Crippen molar-refractivity contribution in [3.05, 3.63) is 12.2 Å². The molecular formula is C9H14O2. The number of hydrogen-bond donors (Lipinski definition) is 0. The number of carbonyl (C=O) groups is 1. The summed E-state index contributed by atoms with van der Waals surface area (Å²) in [6.45, 7) is 3.91. The zero-order valence-corrected chi connectivity index (χ0v) is 6.88. The highest BCUT2D eigenvalue weighted by atomic mass is 16.5. The second kappa shape index (κ2) is 3.67. The Bertz CT molecular complexity index is 163. The highest BCUT2D eigenvalue weighted by Crippen LogP contribution is 2.32. The van der Waals surface area contributed by atoms with Crippen LogP contribution < -0.4 is 0 Å². The Hall–Kier alpha value is -0.630. The summed E-state index contributed by atoms with van der Waals surface area (Å²) in [4.78, 5) is 10.5. The molecule has 2 atom stereocenters. The number of methoxy groups -OCH3 is 1. The quantitative estimate of drug-likeness (QED) is 0.455. The van der Waals surface area contributed by atoms with E-state index in [4.69, 9.17) is 4.74 Å². The van der Waals surface area contributed by atoms with Crippen LogP contribution in [0.4, 0.5) is 0 Å². The molecule has 1 rings (SSSR count). The van der Waals surface area contributed by atoms with Crippen LogP contribution in [0.2, 0.25) is 0 Å². The largest absolute Gasteiger partial charge is 0.373 e. The first-order valence-corrected chi connectivity index (χ1v) is 3.95. The Balaban J connectivity index is 2.56. The third-order valence-electron chi connectivity index (χ3n) is 2.34. The van der Waals surface area contributed by atoms with Gasteiger partial charge in [0.1, 0.15) is 12.4 Å². The first kappa shape index (κ1) is 8.47. The Morgan fingerprint density at radius 3 is 2.91 bits per heavy atom. The Labute approximate surface area is 67.2 Å². The van der Waals surface area contributed by atoms with Gasteiger partial charge in [-0.1, -0.05) is 12.2 Å². The summed E-state index contributed by atoms with van der Waals surface area (Å²) in [6, 6.07) is 0. The van der Waals surface area contributed by atoms with E-state index >= 15 is 0 Å². The summed E-state index contributed by atoms with van der Waals surface area (Å²) in [5, 5.41) is 0. The number of ether oxygens (including phenoxy) is 1. The van der Waals surface area contributed by atoms with Gasteiger partial charge in [0.25, 0.3) is 0 Å². The number of hydrogen-bond acceptors (Lipinski definition) is 2. The monoisotopic (exact) mass is 154 g/mol. The molecular weight excluding hydrogens is 140 g/mol. The van der Waals surface area contributed by atoms with Crippen molar-refractivity contribution < 1.29 is 9.53 Å². The maximum absolute atomic E-state index is 10.5. The molecule has 1 aliphatic carbocycles. The summed E-state index contributed by atoms with van der Waals surface area (Å²) in [6.07, 6.45) is 3.87. The van der Waals surface area contributed by atoms with Gasteiger partial charge in [-0.05, 0) is 19.3 Å². The third kappa shape index (κ3) is 1.69. The minimum atomic E-state index is -0.259. The van der Waals surface area contributed by atoms with Crippen LogP contribution >= 0.6 is 0 Å². The Morgan fingerprint density at radius 1 is 1.82 bits per heavy atom. The Morgan fingerprint density at radius 2 is 2.55 bits per heavy atom. The van der Waals surface area contributed by atoms with Gasteiger partial charge in [0, 0.05) is 13.0 Å². The summed E-state index contributed by atoms with van der Waals surface area (Å²) in [5.74, 6) is 0.275. The van der Waals surface area contributed by atoms with Crippen LogP contribution in [-0.2, 0) is 9.53 Å². The first-order valence-electron chi connectivity index (χ1n) is 3.95. The smallest absolute Gasteiger partial charge is 0.149 e. The summed E-state index contributed by atoms with van der Waals surface area (Å²) in [5.41, 5.74) is 1.17. The average Bonchev–Trinajstić information content (AvgIpc) is 2.40. The molecule has 1 saturated carbocycles. The van der Waals surface area contributed by atoms with Crippen molar-refractivity contribution in [2.24, 2.45) is 5.92 Å². The summed E-state index contributed by atoms with van der Waals surface area (Å²) in [7, 11) is 1.57. The molecule has 0 aromatic carbocycles. The molecule has 1 fully saturated rings. The predicted molar refractivity (Wildman–Crippen MR) is 43.3 cm³/mol. The van der Waals surface area contributed by atoms with E-state index in [1.165, 1.54) is 5.57 Å². The van der Waals surface area contributed by atoms with Gasteiger partial charge in [0.05, 0.1) is 0 Å². The maximum Gasteiger partial charge on any atom is 0.149 e. The molecule has 0 bridgehead atoms. The number of carbonyl (C=O) groups excluding carboxylic acids is 1. The van der Waals surface area contributed by atoms with Crippen LogP contribution in [-0.4, -0.2) is 19.5 Å². The second-order valence-corrected chi connectivity index (χ2v) is 2.99.